The second-order valence-corrected chi connectivity index (χ2v) is 6.15. The first-order valence-corrected chi connectivity index (χ1v) is 7.06. The van der Waals surface area contributed by atoms with Crippen molar-refractivity contribution in [1.82, 2.24) is 10.2 Å². The van der Waals surface area contributed by atoms with E-state index in [4.69, 9.17) is 9.47 Å². The molecule has 1 aliphatic heterocycles. The van der Waals surface area contributed by atoms with Gasteiger partial charge in [-0.05, 0) is 33.6 Å². The van der Waals surface area contributed by atoms with Crippen LogP contribution in [0.1, 0.15) is 40.0 Å². The molecule has 1 rings (SSSR count). The fourth-order valence-corrected chi connectivity index (χ4v) is 1.88. The lowest BCUT2D eigenvalue weighted by molar-refractivity contribution is -0.132. The van der Waals surface area contributed by atoms with Crippen molar-refractivity contribution in [3.63, 3.8) is 0 Å². The van der Waals surface area contributed by atoms with E-state index in [-0.39, 0.29) is 25.0 Å². The minimum Gasteiger partial charge on any atom is -0.444 e. The normalized spacial score (nSPS) is 18.2. The zero-order valence-electron chi connectivity index (χ0n) is 13.1. The molecule has 1 atom stereocenters. The van der Waals surface area contributed by atoms with Gasteiger partial charge in [0.15, 0.2) is 0 Å². The Morgan fingerprint density at radius 2 is 1.95 bits per heavy atom. The summed E-state index contributed by atoms with van der Waals surface area (Å²) in [6.07, 6.45) is 1.22. The zero-order chi connectivity index (χ0) is 16.0. The number of amides is 3. The second kappa shape index (κ2) is 7.40. The van der Waals surface area contributed by atoms with Crippen LogP contribution >= 0.6 is 0 Å². The summed E-state index contributed by atoms with van der Waals surface area (Å²) in [5, 5.41) is 2.25. The van der Waals surface area contributed by atoms with Gasteiger partial charge >= 0.3 is 6.09 Å². The van der Waals surface area contributed by atoms with E-state index in [1.165, 1.54) is 7.05 Å². The highest BCUT2D eigenvalue weighted by Gasteiger charge is 2.23. The van der Waals surface area contributed by atoms with Crippen molar-refractivity contribution in [3.8, 4) is 0 Å². The molecule has 7 heteroatoms. The Morgan fingerprint density at radius 1 is 1.29 bits per heavy atom. The lowest BCUT2D eigenvalue weighted by Gasteiger charge is -2.24. The predicted octanol–water partition coefficient (Wildman–Crippen LogP) is 1.07. The molecule has 0 aliphatic carbocycles. The Kier molecular flexibility index (Phi) is 6.14. The lowest BCUT2D eigenvalue weighted by atomic mass is 10.2. The molecule has 1 N–H and O–H groups in total. The van der Waals surface area contributed by atoms with Gasteiger partial charge in [-0.1, -0.05) is 0 Å². The van der Waals surface area contributed by atoms with E-state index in [0.29, 0.717) is 6.61 Å². The summed E-state index contributed by atoms with van der Waals surface area (Å²) in [5.74, 6) is -0.921. The van der Waals surface area contributed by atoms with Crippen LogP contribution in [-0.4, -0.2) is 54.7 Å². The van der Waals surface area contributed by atoms with Crippen LogP contribution in [0.2, 0.25) is 0 Å². The molecule has 0 saturated carbocycles. The maximum atomic E-state index is 11.7. The van der Waals surface area contributed by atoms with Gasteiger partial charge in [0, 0.05) is 13.7 Å². The van der Waals surface area contributed by atoms with Crippen LogP contribution in [0.15, 0.2) is 0 Å². The summed E-state index contributed by atoms with van der Waals surface area (Å²) in [5.41, 5.74) is -0.628. The molecule has 0 bridgehead atoms. The molecule has 0 aromatic carbocycles. The SMILES string of the molecule is CN(CC(=O)NC(=O)CC1CCCO1)C(=O)OC(C)(C)C. The minimum atomic E-state index is -0.628. The van der Waals surface area contributed by atoms with E-state index in [0.717, 1.165) is 17.7 Å². The van der Waals surface area contributed by atoms with E-state index < -0.39 is 17.6 Å². The van der Waals surface area contributed by atoms with Gasteiger partial charge < -0.3 is 14.4 Å². The summed E-state index contributed by atoms with van der Waals surface area (Å²) >= 11 is 0. The number of carbonyl (C=O) groups excluding carboxylic acids is 3. The Bertz CT molecular complexity index is 397. The third-order valence-electron chi connectivity index (χ3n) is 2.80. The van der Waals surface area contributed by atoms with E-state index in [1.807, 2.05) is 0 Å². The van der Waals surface area contributed by atoms with Gasteiger partial charge in [0.2, 0.25) is 11.8 Å². The van der Waals surface area contributed by atoms with Gasteiger partial charge in [-0.2, -0.15) is 0 Å². The van der Waals surface area contributed by atoms with Crippen molar-refractivity contribution in [2.75, 3.05) is 20.2 Å². The average Bonchev–Trinajstić information content (AvgIpc) is 2.78. The van der Waals surface area contributed by atoms with Gasteiger partial charge in [-0.15, -0.1) is 0 Å². The Labute approximate surface area is 124 Å². The smallest absolute Gasteiger partial charge is 0.410 e. The van der Waals surface area contributed by atoms with Crippen LogP contribution in [0.4, 0.5) is 4.79 Å². The van der Waals surface area contributed by atoms with Gasteiger partial charge in [-0.3, -0.25) is 14.9 Å². The molecule has 21 heavy (non-hydrogen) atoms. The Hall–Kier alpha value is -1.63. The molecule has 0 spiro atoms. The van der Waals surface area contributed by atoms with Crippen molar-refractivity contribution in [3.05, 3.63) is 0 Å². The lowest BCUT2D eigenvalue weighted by Crippen LogP contribution is -2.43. The highest BCUT2D eigenvalue weighted by atomic mass is 16.6. The topological polar surface area (TPSA) is 84.9 Å². The van der Waals surface area contributed by atoms with Crippen LogP contribution in [0.3, 0.4) is 0 Å². The van der Waals surface area contributed by atoms with Crippen LogP contribution in [0.5, 0.6) is 0 Å². The van der Waals surface area contributed by atoms with Crippen LogP contribution in [-0.2, 0) is 19.1 Å². The average molecular weight is 300 g/mol. The molecule has 1 aliphatic rings. The maximum Gasteiger partial charge on any atom is 0.410 e. The Morgan fingerprint density at radius 3 is 2.48 bits per heavy atom. The zero-order valence-corrected chi connectivity index (χ0v) is 13.1. The molecule has 0 radical (unpaired) electrons. The van der Waals surface area contributed by atoms with E-state index >= 15 is 0 Å². The summed E-state index contributed by atoms with van der Waals surface area (Å²) in [4.78, 5) is 36.1. The third kappa shape index (κ3) is 7.08. The van der Waals surface area contributed by atoms with Gasteiger partial charge in [0.1, 0.15) is 12.1 Å². The van der Waals surface area contributed by atoms with Crippen LogP contribution in [0.25, 0.3) is 0 Å². The van der Waals surface area contributed by atoms with Gasteiger partial charge in [0.25, 0.3) is 0 Å². The maximum absolute atomic E-state index is 11.7. The minimum absolute atomic E-state index is 0.110. The third-order valence-corrected chi connectivity index (χ3v) is 2.80. The van der Waals surface area contributed by atoms with Crippen LogP contribution in [0, 0.1) is 0 Å². The van der Waals surface area contributed by atoms with Gasteiger partial charge in [0.05, 0.1) is 12.5 Å². The quantitative estimate of drug-likeness (QED) is 0.839. The highest BCUT2D eigenvalue weighted by Crippen LogP contribution is 2.14. The summed E-state index contributed by atoms with van der Waals surface area (Å²) < 4.78 is 10.4. The first kappa shape index (κ1) is 17.4. The molecule has 1 fully saturated rings. The number of hydrogen-bond donors (Lipinski definition) is 1. The number of nitrogens with one attached hydrogen (secondary N) is 1. The number of likely N-dealkylation sites (N-methyl/N-ethyl adjacent to an activating group) is 1. The Balaban J connectivity index is 2.31. The fraction of sp³-hybridized carbons (Fsp3) is 0.786. The van der Waals surface area contributed by atoms with E-state index in [9.17, 15) is 14.4 Å². The molecule has 3 amide bonds. The van der Waals surface area contributed by atoms with Crippen molar-refractivity contribution in [1.29, 1.82) is 0 Å². The highest BCUT2D eigenvalue weighted by molar-refractivity contribution is 5.97. The number of ether oxygens (including phenoxy) is 2. The molecule has 120 valence electrons. The van der Waals surface area contributed by atoms with Gasteiger partial charge in [-0.25, -0.2) is 4.79 Å². The standard InChI is InChI=1S/C14H24N2O5/c1-14(2,3)21-13(19)16(4)9-12(18)15-11(17)8-10-6-5-7-20-10/h10H,5-9H2,1-4H3,(H,15,17,18). The number of rotatable bonds is 4. The number of hydrogen-bond acceptors (Lipinski definition) is 5. The molecule has 0 aromatic heterocycles. The van der Waals surface area contributed by atoms with Crippen molar-refractivity contribution in [2.24, 2.45) is 0 Å². The number of nitrogens with zero attached hydrogens (tertiary/aromatic N) is 1. The largest absolute Gasteiger partial charge is 0.444 e. The summed E-state index contributed by atoms with van der Waals surface area (Å²) in [7, 11) is 1.44. The molecule has 1 heterocycles. The first-order chi connectivity index (χ1) is 9.67. The number of imide groups is 1. The fourth-order valence-electron chi connectivity index (χ4n) is 1.88. The molecule has 0 aromatic rings. The summed E-state index contributed by atoms with van der Waals surface area (Å²) in [6, 6.07) is 0. The molecular formula is C14H24N2O5. The summed E-state index contributed by atoms with van der Waals surface area (Å²) in [6.45, 7) is 5.65. The predicted molar refractivity (Wildman–Crippen MR) is 75.6 cm³/mol. The first-order valence-electron chi connectivity index (χ1n) is 7.06. The molecule has 1 saturated heterocycles. The van der Waals surface area contributed by atoms with E-state index in [2.05, 4.69) is 5.32 Å². The van der Waals surface area contributed by atoms with Crippen LogP contribution < -0.4 is 5.32 Å². The van der Waals surface area contributed by atoms with Crippen molar-refractivity contribution < 1.29 is 23.9 Å². The van der Waals surface area contributed by atoms with Crippen molar-refractivity contribution >= 4 is 17.9 Å². The molecular weight excluding hydrogens is 276 g/mol. The van der Waals surface area contributed by atoms with Crippen molar-refractivity contribution in [2.45, 2.75) is 51.7 Å². The molecule has 7 nitrogen and oxygen atoms in total. The molecule has 1 unspecified atom stereocenters. The second-order valence-electron chi connectivity index (χ2n) is 6.15. The monoisotopic (exact) mass is 300 g/mol. The van der Waals surface area contributed by atoms with E-state index in [1.54, 1.807) is 20.8 Å². The number of carbonyl (C=O) groups is 3.